The highest BCUT2D eigenvalue weighted by molar-refractivity contribution is 7.14. The van der Waals surface area contributed by atoms with Crippen LogP contribution in [0.3, 0.4) is 0 Å². The molecule has 0 fully saturated rings. The summed E-state index contributed by atoms with van der Waals surface area (Å²) in [4.78, 5) is 29.4. The molecule has 2 N–H and O–H groups in total. The Kier molecular flexibility index (Phi) is 9.57. The van der Waals surface area contributed by atoms with Crippen LogP contribution in [-0.2, 0) is 11.3 Å². The Morgan fingerprint density at radius 1 is 0.952 bits per heavy atom. The first-order valence-corrected chi connectivity index (χ1v) is 13.1. The van der Waals surface area contributed by atoms with Gasteiger partial charge in [0.05, 0.1) is 18.7 Å². The Bertz CT molecular complexity index is 1490. The molecule has 0 aliphatic rings. The van der Waals surface area contributed by atoms with E-state index < -0.39 is 30.6 Å². The number of ether oxygens (including phenoxy) is 2. The van der Waals surface area contributed by atoms with Crippen molar-refractivity contribution < 1.29 is 46.1 Å². The van der Waals surface area contributed by atoms with Gasteiger partial charge in [0.1, 0.15) is 11.5 Å². The SMILES string of the molecule is O=C(O)CCNC(=O)c1ccc(CN(c2ccc(OC(F)(F)F)cc2)c2nc(-c3ccc(OC(F)F)cc3)cs2)cc1. The summed E-state index contributed by atoms with van der Waals surface area (Å²) in [5, 5.41) is 13.5. The van der Waals surface area contributed by atoms with Gasteiger partial charge in [-0.1, -0.05) is 12.1 Å². The van der Waals surface area contributed by atoms with Crippen LogP contribution in [0.4, 0.5) is 32.8 Å². The summed E-state index contributed by atoms with van der Waals surface area (Å²) < 4.78 is 71.3. The van der Waals surface area contributed by atoms with Crippen molar-refractivity contribution in [2.24, 2.45) is 0 Å². The van der Waals surface area contributed by atoms with Gasteiger partial charge >= 0.3 is 18.9 Å². The van der Waals surface area contributed by atoms with Crippen LogP contribution in [0.25, 0.3) is 11.3 Å². The molecule has 8 nitrogen and oxygen atoms in total. The molecule has 42 heavy (non-hydrogen) atoms. The van der Waals surface area contributed by atoms with Crippen molar-refractivity contribution in [3.8, 4) is 22.8 Å². The predicted molar refractivity (Wildman–Crippen MR) is 144 cm³/mol. The van der Waals surface area contributed by atoms with E-state index in [-0.39, 0.29) is 25.3 Å². The fourth-order valence-electron chi connectivity index (χ4n) is 3.75. The van der Waals surface area contributed by atoms with E-state index in [9.17, 15) is 31.5 Å². The second kappa shape index (κ2) is 13.3. The van der Waals surface area contributed by atoms with E-state index in [1.807, 2.05) is 0 Å². The lowest BCUT2D eigenvalue weighted by molar-refractivity contribution is -0.274. The number of amides is 1. The molecule has 14 heteroatoms. The molecule has 0 spiro atoms. The van der Waals surface area contributed by atoms with Crippen LogP contribution in [0.1, 0.15) is 22.3 Å². The van der Waals surface area contributed by atoms with Crippen LogP contribution >= 0.6 is 11.3 Å². The summed E-state index contributed by atoms with van der Waals surface area (Å²) in [6, 6.07) is 17.7. The molecule has 0 saturated heterocycles. The van der Waals surface area contributed by atoms with E-state index in [1.54, 1.807) is 46.7 Å². The number of anilines is 2. The van der Waals surface area contributed by atoms with Gasteiger partial charge in [-0.2, -0.15) is 8.78 Å². The number of aliphatic carboxylic acids is 1. The highest BCUT2D eigenvalue weighted by Crippen LogP contribution is 2.35. The molecular formula is C28H22F5N3O5S. The number of benzene rings is 3. The normalized spacial score (nSPS) is 11.3. The minimum Gasteiger partial charge on any atom is -0.481 e. The monoisotopic (exact) mass is 607 g/mol. The molecule has 1 amide bonds. The van der Waals surface area contributed by atoms with Crippen LogP contribution in [0, 0.1) is 0 Å². The molecule has 0 atom stereocenters. The Morgan fingerprint density at radius 3 is 2.19 bits per heavy atom. The maximum Gasteiger partial charge on any atom is 0.573 e. The molecule has 0 bridgehead atoms. The van der Waals surface area contributed by atoms with Gasteiger partial charge in [0.15, 0.2) is 5.13 Å². The lowest BCUT2D eigenvalue weighted by Crippen LogP contribution is -2.26. The van der Waals surface area contributed by atoms with Crippen molar-refractivity contribution in [3.63, 3.8) is 0 Å². The second-order valence-electron chi connectivity index (χ2n) is 8.64. The van der Waals surface area contributed by atoms with Crippen LogP contribution in [0.5, 0.6) is 11.5 Å². The molecular weight excluding hydrogens is 585 g/mol. The molecule has 0 unspecified atom stereocenters. The summed E-state index contributed by atoms with van der Waals surface area (Å²) in [6.45, 7) is -2.76. The number of hydrogen-bond donors (Lipinski definition) is 2. The Morgan fingerprint density at radius 2 is 1.60 bits per heavy atom. The standard InChI is InChI=1S/C28H22F5N3O5S/c29-26(30)40-21-9-5-18(6-10-21)23-16-42-27(35-23)36(20-7-11-22(12-8-20)41-28(31,32)33)15-17-1-3-19(4-2-17)25(39)34-14-13-24(37)38/h1-12,16,26H,13-15H2,(H,34,39)(H,37,38). The van der Waals surface area contributed by atoms with Gasteiger partial charge in [-0.15, -0.1) is 24.5 Å². The van der Waals surface area contributed by atoms with Crippen molar-refractivity contribution in [2.75, 3.05) is 11.4 Å². The number of halogens is 5. The van der Waals surface area contributed by atoms with E-state index in [1.165, 1.54) is 47.7 Å². The predicted octanol–water partition coefficient (Wildman–Crippen LogP) is 6.85. The third-order valence-electron chi connectivity index (χ3n) is 5.66. The molecule has 0 aliphatic heterocycles. The number of nitrogens with one attached hydrogen (secondary N) is 1. The molecule has 4 aromatic rings. The third kappa shape index (κ3) is 8.64. The van der Waals surface area contributed by atoms with E-state index in [0.29, 0.717) is 27.6 Å². The first kappa shape index (κ1) is 30.2. The van der Waals surface area contributed by atoms with Gasteiger partial charge < -0.3 is 24.8 Å². The van der Waals surface area contributed by atoms with Crippen molar-refractivity contribution in [1.82, 2.24) is 10.3 Å². The molecule has 220 valence electrons. The Hall–Kier alpha value is -4.72. The van der Waals surface area contributed by atoms with Gasteiger partial charge in [0, 0.05) is 28.7 Å². The topological polar surface area (TPSA) is 101 Å². The van der Waals surface area contributed by atoms with Gasteiger partial charge in [0.25, 0.3) is 5.91 Å². The zero-order chi connectivity index (χ0) is 30.3. The molecule has 0 saturated carbocycles. The minimum atomic E-state index is -4.84. The van der Waals surface area contributed by atoms with Gasteiger partial charge in [-0.25, -0.2) is 4.98 Å². The highest BCUT2D eigenvalue weighted by Gasteiger charge is 2.31. The number of carbonyl (C=O) groups excluding carboxylic acids is 1. The average molecular weight is 608 g/mol. The first-order valence-electron chi connectivity index (χ1n) is 12.2. The number of thiazole rings is 1. The Balaban J connectivity index is 1.57. The smallest absolute Gasteiger partial charge is 0.481 e. The van der Waals surface area contributed by atoms with Crippen molar-refractivity contribution in [3.05, 3.63) is 89.3 Å². The van der Waals surface area contributed by atoms with Crippen molar-refractivity contribution in [1.29, 1.82) is 0 Å². The van der Waals surface area contributed by atoms with E-state index in [2.05, 4.69) is 19.8 Å². The van der Waals surface area contributed by atoms with Crippen molar-refractivity contribution in [2.45, 2.75) is 25.9 Å². The lowest BCUT2D eigenvalue weighted by Gasteiger charge is -2.23. The zero-order valence-electron chi connectivity index (χ0n) is 21.5. The largest absolute Gasteiger partial charge is 0.573 e. The van der Waals surface area contributed by atoms with Crippen LogP contribution < -0.4 is 19.7 Å². The number of nitrogens with zero attached hydrogens (tertiary/aromatic N) is 2. The van der Waals surface area contributed by atoms with Gasteiger partial charge in [-0.3, -0.25) is 9.59 Å². The number of carboxylic acids is 1. The van der Waals surface area contributed by atoms with E-state index >= 15 is 0 Å². The van der Waals surface area contributed by atoms with Crippen LogP contribution in [0.2, 0.25) is 0 Å². The number of carboxylic acid groups (broad SMARTS) is 1. The maximum atomic E-state index is 12.7. The molecule has 1 aromatic heterocycles. The van der Waals surface area contributed by atoms with Gasteiger partial charge in [0.2, 0.25) is 0 Å². The second-order valence-corrected chi connectivity index (χ2v) is 9.48. The number of rotatable bonds is 12. The minimum absolute atomic E-state index is 0.00832. The van der Waals surface area contributed by atoms with Crippen molar-refractivity contribution >= 4 is 34.0 Å². The quantitative estimate of drug-likeness (QED) is 0.170. The van der Waals surface area contributed by atoms with Crippen LogP contribution in [0.15, 0.2) is 78.2 Å². The van der Waals surface area contributed by atoms with E-state index in [0.717, 1.165) is 5.56 Å². The summed E-state index contributed by atoms with van der Waals surface area (Å²) in [6.07, 6.45) is -5.06. The first-order chi connectivity index (χ1) is 20.0. The highest BCUT2D eigenvalue weighted by atomic mass is 32.1. The summed E-state index contributed by atoms with van der Waals surface area (Å²) in [7, 11) is 0. The summed E-state index contributed by atoms with van der Waals surface area (Å²) in [5.41, 5.74) is 2.72. The fourth-order valence-corrected chi connectivity index (χ4v) is 4.61. The third-order valence-corrected chi connectivity index (χ3v) is 6.53. The molecule has 3 aromatic carbocycles. The molecule has 1 heterocycles. The van der Waals surface area contributed by atoms with Crippen LogP contribution in [-0.4, -0.2) is 41.5 Å². The number of carbonyl (C=O) groups is 2. The molecule has 4 rings (SSSR count). The van der Waals surface area contributed by atoms with Gasteiger partial charge in [-0.05, 0) is 66.2 Å². The number of aromatic nitrogens is 1. The maximum absolute atomic E-state index is 12.7. The van der Waals surface area contributed by atoms with E-state index in [4.69, 9.17) is 5.11 Å². The summed E-state index contributed by atoms with van der Waals surface area (Å²) >= 11 is 1.26. The Labute approximate surface area is 239 Å². The fraction of sp³-hybridized carbons (Fsp3) is 0.179. The average Bonchev–Trinajstić information content (AvgIpc) is 3.42. The zero-order valence-corrected chi connectivity index (χ0v) is 22.3. The molecule has 0 radical (unpaired) electrons. The summed E-state index contributed by atoms with van der Waals surface area (Å²) in [5.74, 6) is -1.87. The number of alkyl halides is 5. The lowest BCUT2D eigenvalue weighted by atomic mass is 10.1. The number of hydrogen-bond acceptors (Lipinski definition) is 7. The molecule has 0 aliphatic carbocycles.